The standard InChI is InChI=1S/2C16H13.C14H17Si2.C12H11Si.2ClH.Zr/c2*1-12-10-14-8-5-9-15(16(14)11-12)13-6-3-2-4-7-13;1-15(2)16(13-9-5-3-6-10-13)14-11-7-4-8-12-14;1-3-7-11(8-4-1)13-12-9-5-2-6-10-12;;;/h2*2-11H,1H3;3-12,15H,1-2H3;1-10,13H;2*1H;/q2*-1;;;;;+2. The van der Waals surface area contributed by atoms with Crippen LogP contribution in [0.15, 0.2) is 243 Å². The van der Waals surface area contributed by atoms with E-state index in [9.17, 15) is 0 Å². The quantitative estimate of drug-likeness (QED) is 0.110. The predicted molar refractivity (Wildman–Crippen MR) is 290 cm³/mol. The van der Waals surface area contributed by atoms with Crippen LogP contribution in [0.3, 0.4) is 0 Å². The summed E-state index contributed by atoms with van der Waals surface area (Å²) >= 11 is 0. The van der Waals surface area contributed by atoms with E-state index in [0.717, 1.165) is 0 Å². The van der Waals surface area contributed by atoms with Crippen LogP contribution >= 0.6 is 24.8 Å². The van der Waals surface area contributed by atoms with Crippen molar-refractivity contribution >= 4 is 93.3 Å². The number of rotatable bonds is 7. The minimum absolute atomic E-state index is 0. The Bertz CT molecular complexity index is 2620. The Balaban J connectivity index is 0.000000185. The van der Waals surface area contributed by atoms with Crippen LogP contribution in [0.2, 0.25) is 13.1 Å². The van der Waals surface area contributed by atoms with Gasteiger partial charge in [-0.15, -0.1) is 93.9 Å². The van der Waals surface area contributed by atoms with E-state index in [4.69, 9.17) is 0 Å². The zero-order valence-electron chi connectivity index (χ0n) is 37.1. The normalized spacial score (nSPS) is 10.2. The third-order valence-electron chi connectivity index (χ3n) is 10.6. The molecule has 0 amide bonds. The number of hydrogen-bond donors (Lipinski definition) is 0. The molecule has 10 aromatic carbocycles. The van der Waals surface area contributed by atoms with E-state index in [-0.39, 0.29) is 60.5 Å². The number of hydrogen-bond acceptors (Lipinski definition) is 0. The van der Waals surface area contributed by atoms with E-state index in [1.54, 1.807) is 10.4 Å². The van der Waals surface area contributed by atoms with Gasteiger partial charge in [-0.05, 0) is 11.1 Å². The summed E-state index contributed by atoms with van der Waals surface area (Å²) in [6.45, 7) is 9.23. The van der Waals surface area contributed by atoms with E-state index in [2.05, 4.69) is 270 Å². The largest absolute Gasteiger partial charge is 2.00 e. The maximum absolute atomic E-state index is 2.47. The van der Waals surface area contributed by atoms with Crippen LogP contribution in [-0.2, 0) is 26.2 Å². The van der Waals surface area contributed by atoms with E-state index in [1.165, 1.54) is 65.3 Å². The third kappa shape index (κ3) is 14.6. The molecule has 0 fully saturated rings. The van der Waals surface area contributed by atoms with Gasteiger partial charge < -0.3 is 0 Å². The van der Waals surface area contributed by atoms with Crippen molar-refractivity contribution in [2.45, 2.75) is 26.9 Å². The average molecular weight is 999 g/mol. The van der Waals surface area contributed by atoms with Gasteiger partial charge in [0.25, 0.3) is 0 Å². The van der Waals surface area contributed by atoms with Crippen molar-refractivity contribution in [3.05, 3.63) is 254 Å². The molecule has 6 heteroatoms. The molecule has 0 heterocycles. The summed E-state index contributed by atoms with van der Waals surface area (Å²) in [6, 6.07) is 86.5. The van der Waals surface area contributed by atoms with E-state index in [0.29, 0.717) is 0 Å². The molecule has 0 aromatic heterocycles. The molecule has 0 saturated carbocycles. The summed E-state index contributed by atoms with van der Waals surface area (Å²) in [6.07, 6.45) is 0. The topological polar surface area (TPSA) is 0 Å². The van der Waals surface area contributed by atoms with Gasteiger partial charge in [0.05, 0.1) is 0 Å². The zero-order chi connectivity index (χ0) is 42.2. The SMILES string of the molecule is C[SiH](C)[Si](c1ccccc1)c1ccccc1.Cc1cc2c(-c3ccccc3)cccc2[cH-]1.Cc1cc2c(-c3ccccc3)cccc2[cH-]1.Cl.Cl.[Zr+2].c1ccc([SiH]c2ccccc2)cc1. The molecule has 0 saturated heterocycles. The Morgan fingerprint density at radius 1 is 0.391 bits per heavy atom. The van der Waals surface area contributed by atoms with E-state index in [1.807, 2.05) is 0 Å². The second kappa shape index (κ2) is 26.8. The molecule has 0 atom stereocenters. The van der Waals surface area contributed by atoms with Crippen LogP contribution in [0.5, 0.6) is 0 Å². The zero-order valence-corrected chi connectivity index (χ0v) is 44.5. The molecule has 0 aliphatic carbocycles. The first-order valence-electron chi connectivity index (χ1n) is 21.3. The van der Waals surface area contributed by atoms with Gasteiger partial charge in [-0.2, -0.15) is 12.1 Å². The van der Waals surface area contributed by atoms with Gasteiger partial charge in [0, 0.05) is 8.31 Å². The van der Waals surface area contributed by atoms with Crippen molar-refractivity contribution in [1.29, 1.82) is 0 Å². The Hall–Kier alpha value is -4.91. The monoisotopic (exact) mass is 996 g/mol. The molecule has 0 nitrogen and oxygen atoms in total. The summed E-state index contributed by atoms with van der Waals surface area (Å²) < 4.78 is 0. The van der Waals surface area contributed by atoms with Gasteiger partial charge in [-0.3, -0.25) is 0 Å². The molecule has 64 heavy (non-hydrogen) atoms. The number of aryl methyl sites for hydroxylation is 2. The van der Waals surface area contributed by atoms with Gasteiger partial charge in [0.1, 0.15) is 17.8 Å². The Labute approximate surface area is 419 Å². The van der Waals surface area contributed by atoms with Crippen molar-refractivity contribution in [2.75, 3.05) is 0 Å². The fourth-order valence-corrected chi connectivity index (χ4v) is 17.0. The molecule has 10 aromatic rings. The van der Waals surface area contributed by atoms with Crippen molar-refractivity contribution in [1.82, 2.24) is 0 Å². The van der Waals surface area contributed by atoms with Gasteiger partial charge in [-0.1, -0.05) is 253 Å². The van der Waals surface area contributed by atoms with Gasteiger partial charge in [0.15, 0.2) is 0 Å². The first-order valence-corrected chi connectivity index (χ1v) is 28.1. The van der Waals surface area contributed by atoms with Crippen LogP contribution in [0.4, 0.5) is 0 Å². The number of fused-ring (bicyclic) bond motifs is 2. The first-order chi connectivity index (χ1) is 29.9. The summed E-state index contributed by atoms with van der Waals surface area (Å²) in [7, 11) is -0.844. The molecule has 0 N–H and O–H groups in total. The molecular weight excluding hydrogens is 943 g/mol. The minimum atomic E-state index is -0.637. The van der Waals surface area contributed by atoms with E-state index < -0.39 is 16.6 Å². The van der Waals surface area contributed by atoms with Crippen LogP contribution < -0.4 is 20.7 Å². The third-order valence-corrected chi connectivity index (χ3v) is 20.6. The second-order valence-corrected chi connectivity index (χ2v) is 26.8. The Morgan fingerprint density at radius 2 is 0.703 bits per heavy atom. The number of halogens is 2. The van der Waals surface area contributed by atoms with Crippen LogP contribution in [0, 0.1) is 13.8 Å². The smallest absolute Gasteiger partial charge is 0.165 e. The molecular formula is C58H56Cl2Si3Zr. The predicted octanol–water partition coefficient (Wildman–Crippen LogP) is 12.8. The van der Waals surface area contributed by atoms with Crippen LogP contribution in [-0.4, -0.2) is 26.1 Å². The molecule has 0 bridgehead atoms. The molecule has 0 aliphatic rings. The summed E-state index contributed by atoms with van der Waals surface area (Å²) in [5.41, 5.74) is 7.89. The van der Waals surface area contributed by atoms with Gasteiger partial charge >= 0.3 is 26.2 Å². The Morgan fingerprint density at radius 3 is 1.03 bits per heavy atom. The van der Waals surface area contributed by atoms with Crippen molar-refractivity contribution < 1.29 is 26.2 Å². The minimum Gasteiger partial charge on any atom is -0.165 e. The maximum Gasteiger partial charge on any atom is 2.00 e. The summed E-state index contributed by atoms with van der Waals surface area (Å²) in [4.78, 5) is 0. The molecule has 318 valence electrons. The summed E-state index contributed by atoms with van der Waals surface area (Å²) in [5.74, 6) is 0. The van der Waals surface area contributed by atoms with E-state index >= 15 is 0 Å². The average Bonchev–Trinajstić information content (AvgIpc) is 3.90. The first kappa shape index (κ1) is 51.7. The molecule has 10 rings (SSSR count). The molecule has 0 unspecified atom stereocenters. The van der Waals surface area contributed by atoms with Crippen molar-refractivity contribution in [3.8, 4) is 22.3 Å². The van der Waals surface area contributed by atoms with Gasteiger partial charge in [-0.25, -0.2) is 0 Å². The summed E-state index contributed by atoms with van der Waals surface area (Å²) in [5, 5.41) is 11.4. The second-order valence-electron chi connectivity index (χ2n) is 15.7. The fraction of sp³-hybridized carbons (Fsp3) is 0.0690. The van der Waals surface area contributed by atoms with Crippen molar-refractivity contribution in [2.24, 2.45) is 0 Å². The molecule has 0 aliphatic heterocycles. The molecule has 0 spiro atoms. The van der Waals surface area contributed by atoms with Gasteiger partial charge in [0.2, 0.25) is 0 Å². The fourth-order valence-electron chi connectivity index (χ4n) is 7.87. The van der Waals surface area contributed by atoms with Crippen LogP contribution in [0.25, 0.3) is 43.8 Å². The maximum atomic E-state index is 2.47. The van der Waals surface area contributed by atoms with Crippen molar-refractivity contribution in [3.63, 3.8) is 0 Å². The Kier molecular flexibility index (Phi) is 21.6. The van der Waals surface area contributed by atoms with Crippen LogP contribution in [0.1, 0.15) is 11.1 Å². The molecule has 2 radical (unpaired) electrons. The number of benzene rings is 8.